The van der Waals surface area contributed by atoms with E-state index in [1.807, 2.05) is 0 Å². The third-order valence-electron chi connectivity index (χ3n) is 5.20. The van der Waals surface area contributed by atoms with E-state index in [9.17, 15) is 14.0 Å². The first-order valence-corrected chi connectivity index (χ1v) is 8.98. The van der Waals surface area contributed by atoms with Crippen molar-refractivity contribution in [2.75, 3.05) is 6.54 Å². The molecule has 138 valence electrons. The first-order valence-electron chi connectivity index (χ1n) is 8.98. The van der Waals surface area contributed by atoms with E-state index in [0.717, 1.165) is 0 Å². The number of nitrogens with zero attached hydrogens (tertiary/aromatic N) is 2. The van der Waals surface area contributed by atoms with Gasteiger partial charge in [0.1, 0.15) is 17.3 Å². The fourth-order valence-corrected chi connectivity index (χ4v) is 3.85. The van der Waals surface area contributed by atoms with Crippen LogP contribution >= 0.6 is 0 Å². The zero-order chi connectivity index (χ0) is 19.3. The van der Waals surface area contributed by atoms with Crippen molar-refractivity contribution in [3.05, 3.63) is 89.0 Å². The van der Waals surface area contributed by atoms with Crippen molar-refractivity contribution in [2.45, 2.75) is 12.3 Å². The molecule has 5 rings (SSSR count). The summed E-state index contributed by atoms with van der Waals surface area (Å²) in [5, 5.41) is 0. The van der Waals surface area contributed by atoms with Gasteiger partial charge in [-0.05, 0) is 42.5 Å². The van der Waals surface area contributed by atoms with Gasteiger partial charge in [-0.25, -0.2) is 4.39 Å². The molecule has 0 fully saturated rings. The van der Waals surface area contributed by atoms with Crippen LogP contribution < -0.4 is 4.74 Å². The van der Waals surface area contributed by atoms with Gasteiger partial charge in [-0.1, -0.05) is 12.1 Å². The summed E-state index contributed by atoms with van der Waals surface area (Å²) in [7, 11) is 0. The van der Waals surface area contributed by atoms with Gasteiger partial charge in [0, 0.05) is 30.6 Å². The summed E-state index contributed by atoms with van der Waals surface area (Å²) in [4.78, 5) is 31.2. The van der Waals surface area contributed by atoms with Crippen LogP contribution in [0.15, 0.2) is 60.8 Å². The first kappa shape index (κ1) is 16.6. The highest BCUT2D eigenvalue weighted by molar-refractivity contribution is 6.21. The molecule has 0 saturated carbocycles. The van der Waals surface area contributed by atoms with E-state index >= 15 is 0 Å². The van der Waals surface area contributed by atoms with Crippen molar-refractivity contribution in [3.63, 3.8) is 0 Å². The highest BCUT2D eigenvalue weighted by Crippen LogP contribution is 2.40. The molecule has 6 heteroatoms. The number of fused-ring (bicyclic) bond motifs is 3. The molecule has 1 aromatic heterocycles. The zero-order valence-corrected chi connectivity index (χ0v) is 14.8. The van der Waals surface area contributed by atoms with E-state index < -0.39 is 5.82 Å². The second-order valence-electron chi connectivity index (χ2n) is 6.90. The van der Waals surface area contributed by atoms with Crippen LogP contribution in [0.2, 0.25) is 0 Å². The van der Waals surface area contributed by atoms with Gasteiger partial charge in [0.25, 0.3) is 11.8 Å². The Balaban J connectivity index is 1.55. The number of aromatic nitrogens is 1. The van der Waals surface area contributed by atoms with E-state index in [1.54, 1.807) is 48.7 Å². The van der Waals surface area contributed by atoms with E-state index in [1.165, 1.54) is 17.0 Å². The van der Waals surface area contributed by atoms with Crippen molar-refractivity contribution < 1.29 is 18.7 Å². The number of halogens is 1. The summed E-state index contributed by atoms with van der Waals surface area (Å²) in [6, 6.07) is 14.7. The minimum atomic E-state index is -0.395. The fraction of sp³-hybridized carbons (Fsp3) is 0.136. The Morgan fingerprint density at radius 1 is 1.00 bits per heavy atom. The molecule has 0 bridgehead atoms. The number of amides is 2. The van der Waals surface area contributed by atoms with Gasteiger partial charge in [-0.3, -0.25) is 19.5 Å². The lowest BCUT2D eigenvalue weighted by atomic mass is 9.93. The molecule has 0 spiro atoms. The molecule has 3 aromatic rings. The number of benzene rings is 2. The Kier molecular flexibility index (Phi) is 3.72. The number of carbonyl (C=O) groups is 2. The molecule has 1 unspecified atom stereocenters. The fourth-order valence-electron chi connectivity index (χ4n) is 3.85. The monoisotopic (exact) mass is 374 g/mol. The molecule has 2 aromatic carbocycles. The largest absolute Gasteiger partial charge is 0.455 e. The number of hydrogen-bond acceptors (Lipinski definition) is 4. The van der Waals surface area contributed by atoms with E-state index in [2.05, 4.69) is 4.98 Å². The molecule has 2 aliphatic heterocycles. The Hall–Kier alpha value is -3.54. The molecular weight excluding hydrogens is 359 g/mol. The quantitative estimate of drug-likeness (QED) is 0.638. The second kappa shape index (κ2) is 6.27. The average Bonchev–Trinajstić information content (AvgIpc) is 2.86. The lowest BCUT2D eigenvalue weighted by Crippen LogP contribution is -2.34. The number of imide groups is 1. The summed E-state index contributed by atoms with van der Waals surface area (Å²) >= 11 is 0. The first-order chi connectivity index (χ1) is 13.6. The minimum absolute atomic E-state index is 0.127. The van der Waals surface area contributed by atoms with Crippen LogP contribution in [0.25, 0.3) is 0 Å². The van der Waals surface area contributed by atoms with Crippen LogP contribution in [0.4, 0.5) is 4.39 Å². The van der Waals surface area contributed by atoms with Gasteiger partial charge in [-0.15, -0.1) is 0 Å². The summed E-state index contributed by atoms with van der Waals surface area (Å²) in [5.74, 6) is -0.275. The SMILES string of the molecule is O=C1c2ccccc2C(=O)N1CC1Cc2ncccc2Oc2ccc(F)cc21. The van der Waals surface area contributed by atoms with E-state index in [0.29, 0.717) is 40.3 Å². The molecule has 0 saturated heterocycles. The lowest BCUT2D eigenvalue weighted by molar-refractivity contribution is 0.0643. The Morgan fingerprint density at radius 3 is 2.50 bits per heavy atom. The van der Waals surface area contributed by atoms with Gasteiger partial charge < -0.3 is 4.74 Å². The van der Waals surface area contributed by atoms with Crippen molar-refractivity contribution >= 4 is 11.8 Å². The summed E-state index contributed by atoms with van der Waals surface area (Å²) in [6.45, 7) is 0.127. The van der Waals surface area contributed by atoms with Crippen LogP contribution in [0, 0.1) is 5.82 Å². The molecule has 2 aliphatic rings. The molecule has 0 aliphatic carbocycles. The smallest absolute Gasteiger partial charge is 0.261 e. The summed E-state index contributed by atoms with van der Waals surface area (Å²) in [6.07, 6.45) is 2.10. The molecule has 5 nitrogen and oxygen atoms in total. The lowest BCUT2D eigenvalue weighted by Gasteiger charge is -2.22. The molecule has 3 heterocycles. The molecule has 28 heavy (non-hydrogen) atoms. The Bertz CT molecular complexity index is 1090. The maximum absolute atomic E-state index is 14.0. The van der Waals surface area contributed by atoms with Crippen molar-refractivity contribution in [1.29, 1.82) is 0 Å². The minimum Gasteiger partial charge on any atom is -0.455 e. The van der Waals surface area contributed by atoms with Crippen LogP contribution in [-0.4, -0.2) is 28.2 Å². The number of ether oxygens (including phenoxy) is 1. The standard InChI is InChI=1S/C22H15FN2O3/c23-14-7-8-19-17(11-14)13(10-18-20(28-19)6-3-9-24-18)12-25-21(26)15-4-1-2-5-16(15)22(25)27/h1-9,11,13H,10,12H2. The predicted molar refractivity (Wildman–Crippen MR) is 99.0 cm³/mol. The number of hydrogen-bond donors (Lipinski definition) is 0. The Morgan fingerprint density at radius 2 is 1.75 bits per heavy atom. The zero-order valence-electron chi connectivity index (χ0n) is 14.8. The van der Waals surface area contributed by atoms with Gasteiger partial charge in [0.15, 0.2) is 0 Å². The summed E-state index contributed by atoms with van der Waals surface area (Å²) < 4.78 is 19.9. The van der Waals surface area contributed by atoms with Gasteiger partial charge >= 0.3 is 0 Å². The molecule has 0 N–H and O–H groups in total. The van der Waals surface area contributed by atoms with Crippen molar-refractivity contribution in [2.24, 2.45) is 0 Å². The molecular formula is C22H15FN2O3. The van der Waals surface area contributed by atoms with Crippen LogP contribution in [0.5, 0.6) is 11.5 Å². The van der Waals surface area contributed by atoms with Gasteiger partial charge in [-0.2, -0.15) is 0 Å². The van der Waals surface area contributed by atoms with Crippen molar-refractivity contribution in [1.82, 2.24) is 9.88 Å². The highest BCUT2D eigenvalue weighted by atomic mass is 19.1. The average molecular weight is 374 g/mol. The predicted octanol–water partition coefficient (Wildman–Crippen LogP) is 3.95. The van der Waals surface area contributed by atoms with Crippen LogP contribution in [0.1, 0.15) is 37.9 Å². The third kappa shape index (κ3) is 2.57. The topological polar surface area (TPSA) is 59.5 Å². The van der Waals surface area contributed by atoms with Crippen molar-refractivity contribution in [3.8, 4) is 11.5 Å². The maximum atomic E-state index is 14.0. The number of rotatable bonds is 2. The molecule has 1 atom stereocenters. The van der Waals surface area contributed by atoms with E-state index in [4.69, 9.17) is 4.74 Å². The molecule has 0 radical (unpaired) electrons. The second-order valence-corrected chi connectivity index (χ2v) is 6.90. The third-order valence-corrected chi connectivity index (χ3v) is 5.20. The van der Waals surface area contributed by atoms with Crippen LogP contribution in [-0.2, 0) is 6.42 Å². The number of carbonyl (C=O) groups excluding carboxylic acids is 2. The van der Waals surface area contributed by atoms with E-state index in [-0.39, 0.29) is 24.3 Å². The normalized spacial score (nSPS) is 17.5. The Labute approximate surface area is 160 Å². The van der Waals surface area contributed by atoms with Crippen LogP contribution in [0.3, 0.4) is 0 Å². The molecule has 2 amide bonds. The van der Waals surface area contributed by atoms with Gasteiger partial charge in [0.05, 0.1) is 16.8 Å². The highest BCUT2D eigenvalue weighted by Gasteiger charge is 2.38. The summed E-state index contributed by atoms with van der Waals surface area (Å²) in [5.41, 5.74) is 2.13. The maximum Gasteiger partial charge on any atom is 0.261 e. The van der Waals surface area contributed by atoms with Gasteiger partial charge in [0.2, 0.25) is 0 Å². The number of pyridine rings is 1.